The minimum absolute atomic E-state index is 0.0380. The van der Waals surface area contributed by atoms with E-state index >= 15 is 0 Å². The van der Waals surface area contributed by atoms with E-state index in [1.165, 1.54) is 0 Å². The maximum Gasteiger partial charge on any atom is 0.255 e. The van der Waals surface area contributed by atoms with Crippen molar-refractivity contribution in [3.05, 3.63) is 41.2 Å². The highest BCUT2D eigenvalue weighted by atomic mass is 16.5. The lowest BCUT2D eigenvalue weighted by Gasteiger charge is -2.31. The van der Waals surface area contributed by atoms with E-state index in [-0.39, 0.29) is 17.9 Å². The molecule has 29 heavy (non-hydrogen) atoms. The molecule has 0 saturated carbocycles. The van der Waals surface area contributed by atoms with Gasteiger partial charge >= 0.3 is 0 Å². The van der Waals surface area contributed by atoms with Crippen LogP contribution < -0.4 is 14.8 Å². The molecule has 1 fully saturated rings. The Kier molecular flexibility index (Phi) is 6.41. The Bertz CT molecular complexity index is 865. The second-order valence-corrected chi connectivity index (χ2v) is 7.27. The van der Waals surface area contributed by atoms with Crippen LogP contribution in [0.15, 0.2) is 24.3 Å². The van der Waals surface area contributed by atoms with Crippen LogP contribution in [0.2, 0.25) is 0 Å². The zero-order chi connectivity index (χ0) is 21.0. The predicted octanol–water partition coefficient (Wildman–Crippen LogP) is 2.06. The molecule has 1 aliphatic heterocycles. The Morgan fingerprint density at radius 2 is 1.97 bits per heavy atom. The number of benzene rings is 1. The molecule has 1 aromatic carbocycles. The Morgan fingerprint density at radius 3 is 2.55 bits per heavy atom. The maximum absolute atomic E-state index is 12.8. The number of piperidine rings is 1. The van der Waals surface area contributed by atoms with Gasteiger partial charge in [-0.1, -0.05) is 0 Å². The van der Waals surface area contributed by atoms with Crippen molar-refractivity contribution in [2.75, 3.05) is 20.2 Å². The molecule has 1 aliphatic rings. The summed E-state index contributed by atoms with van der Waals surface area (Å²) in [6, 6.07) is 7.15. The quantitative estimate of drug-likeness (QED) is 0.802. The van der Waals surface area contributed by atoms with Gasteiger partial charge in [0.15, 0.2) is 0 Å². The first-order valence-corrected chi connectivity index (χ1v) is 9.75. The van der Waals surface area contributed by atoms with Gasteiger partial charge in [0.2, 0.25) is 5.91 Å². The highest BCUT2D eigenvalue weighted by Gasteiger charge is 2.24. The van der Waals surface area contributed by atoms with Gasteiger partial charge in [0, 0.05) is 45.6 Å². The first kappa shape index (κ1) is 20.7. The van der Waals surface area contributed by atoms with E-state index in [1.54, 1.807) is 36.9 Å². The lowest BCUT2D eigenvalue weighted by Crippen LogP contribution is -2.40. The minimum atomic E-state index is -0.247. The van der Waals surface area contributed by atoms with Crippen LogP contribution in [-0.4, -0.2) is 52.8 Å². The fraction of sp³-hybridized carbons (Fsp3) is 0.476. The first-order valence-electron chi connectivity index (χ1n) is 9.75. The highest BCUT2D eigenvalue weighted by molar-refractivity contribution is 5.97. The molecule has 0 aliphatic carbocycles. The molecule has 0 unspecified atom stereocenters. The van der Waals surface area contributed by atoms with E-state index in [9.17, 15) is 9.59 Å². The zero-order valence-corrected chi connectivity index (χ0v) is 17.4. The van der Waals surface area contributed by atoms with Gasteiger partial charge < -0.3 is 19.7 Å². The van der Waals surface area contributed by atoms with Crippen molar-refractivity contribution in [1.82, 2.24) is 20.0 Å². The minimum Gasteiger partial charge on any atom is -0.497 e. The number of hydrogen-bond donors (Lipinski definition) is 1. The number of nitrogens with zero attached hydrogens (tertiary/aromatic N) is 3. The van der Waals surface area contributed by atoms with E-state index in [1.807, 2.05) is 24.9 Å². The van der Waals surface area contributed by atoms with Gasteiger partial charge in [-0.3, -0.25) is 14.3 Å². The lowest BCUT2D eigenvalue weighted by atomic mass is 10.1. The summed E-state index contributed by atoms with van der Waals surface area (Å²) in [5.74, 6) is 0.936. The van der Waals surface area contributed by atoms with Crippen LogP contribution in [0.25, 0.3) is 0 Å². The van der Waals surface area contributed by atoms with Crippen molar-refractivity contribution >= 4 is 11.8 Å². The topological polar surface area (TPSA) is 85.7 Å². The van der Waals surface area contributed by atoms with Gasteiger partial charge in [-0.15, -0.1) is 0 Å². The van der Waals surface area contributed by atoms with Crippen molar-refractivity contribution in [3.8, 4) is 11.5 Å². The molecule has 0 radical (unpaired) electrons. The van der Waals surface area contributed by atoms with Crippen molar-refractivity contribution in [3.63, 3.8) is 0 Å². The first-order chi connectivity index (χ1) is 13.9. The molecule has 2 amide bonds. The number of carbonyl (C=O) groups is 2. The Balaban J connectivity index is 1.69. The molecule has 1 aromatic heterocycles. The number of nitrogens with one attached hydrogen (secondary N) is 1. The average molecular weight is 400 g/mol. The summed E-state index contributed by atoms with van der Waals surface area (Å²) in [7, 11) is 3.43. The maximum atomic E-state index is 12.8. The average Bonchev–Trinajstić information content (AvgIpc) is 3.04. The third-order valence-corrected chi connectivity index (χ3v) is 5.21. The summed E-state index contributed by atoms with van der Waals surface area (Å²) in [5, 5.41) is 7.26. The van der Waals surface area contributed by atoms with Crippen LogP contribution in [0.1, 0.15) is 41.5 Å². The highest BCUT2D eigenvalue weighted by Crippen LogP contribution is 2.27. The molecule has 0 spiro atoms. The van der Waals surface area contributed by atoms with Crippen molar-refractivity contribution in [1.29, 1.82) is 0 Å². The standard InChI is InChI=1S/C21H28N4O4/c1-14-11-16(23-24(14)3)13-22-21(27)19-12-18(28-4)5-6-20(19)29-17-7-9-25(10-8-17)15(2)26/h5-6,11-12,17H,7-10,13H2,1-4H3,(H,22,27). The summed E-state index contributed by atoms with van der Waals surface area (Å²) in [6.07, 6.45) is 1.43. The largest absolute Gasteiger partial charge is 0.497 e. The molecule has 156 valence electrons. The van der Waals surface area contributed by atoms with E-state index in [4.69, 9.17) is 9.47 Å². The van der Waals surface area contributed by atoms with Crippen LogP contribution in [0, 0.1) is 6.92 Å². The van der Waals surface area contributed by atoms with E-state index in [2.05, 4.69) is 10.4 Å². The van der Waals surface area contributed by atoms with Crippen molar-refractivity contribution in [2.45, 2.75) is 39.3 Å². The number of carbonyl (C=O) groups excluding carboxylic acids is 2. The smallest absolute Gasteiger partial charge is 0.255 e. The molecule has 8 heteroatoms. The van der Waals surface area contributed by atoms with Crippen molar-refractivity contribution in [2.24, 2.45) is 7.05 Å². The third-order valence-electron chi connectivity index (χ3n) is 5.21. The summed E-state index contributed by atoms with van der Waals surface area (Å²) < 4.78 is 13.2. The summed E-state index contributed by atoms with van der Waals surface area (Å²) in [4.78, 5) is 26.2. The number of aryl methyl sites for hydroxylation is 2. The molecule has 3 rings (SSSR count). The number of hydrogen-bond acceptors (Lipinski definition) is 5. The Labute approximate surface area is 170 Å². The molecule has 0 atom stereocenters. The summed E-state index contributed by atoms with van der Waals surface area (Å²) >= 11 is 0. The second-order valence-electron chi connectivity index (χ2n) is 7.27. The normalized spacial score (nSPS) is 14.6. The monoisotopic (exact) mass is 400 g/mol. The summed E-state index contributed by atoms with van der Waals surface area (Å²) in [5.41, 5.74) is 2.24. The van der Waals surface area contributed by atoms with Gasteiger partial charge in [-0.2, -0.15) is 5.10 Å². The number of ether oxygens (including phenoxy) is 2. The number of rotatable bonds is 6. The number of likely N-dealkylation sites (tertiary alicyclic amines) is 1. The van der Waals surface area contributed by atoms with E-state index in [0.717, 1.165) is 24.2 Å². The van der Waals surface area contributed by atoms with Gasteiger partial charge in [-0.05, 0) is 31.2 Å². The number of aromatic nitrogens is 2. The molecular weight excluding hydrogens is 372 g/mol. The van der Waals surface area contributed by atoms with Crippen LogP contribution in [0.3, 0.4) is 0 Å². The lowest BCUT2D eigenvalue weighted by molar-refractivity contribution is -0.130. The van der Waals surface area contributed by atoms with Gasteiger partial charge in [0.1, 0.15) is 17.6 Å². The fourth-order valence-electron chi connectivity index (χ4n) is 3.37. The zero-order valence-electron chi connectivity index (χ0n) is 17.4. The predicted molar refractivity (Wildman–Crippen MR) is 108 cm³/mol. The SMILES string of the molecule is COc1ccc(OC2CCN(C(C)=O)CC2)c(C(=O)NCc2cc(C)n(C)n2)c1. The molecule has 0 bridgehead atoms. The number of amides is 2. The second kappa shape index (κ2) is 8.98. The van der Waals surface area contributed by atoms with Gasteiger partial charge in [0.25, 0.3) is 5.91 Å². The molecule has 1 N–H and O–H groups in total. The van der Waals surface area contributed by atoms with Gasteiger partial charge in [-0.25, -0.2) is 0 Å². The Hall–Kier alpha value is -3.03. The van der Waals surface area contributed by atoms with E-state index < -0.39 is 0 Å². The van der Waals surface area contributed by atoms with Crippen LogP contribution in [0.4, 0.5) is 0 Å². The molecule has 8 nitrogen and oxygen atoms in total. The van der Waals surface area contributed by atoms with Crippen molar-refractivity contribution < 1.29 is 19.1 Å². The van der Waals surface area contributed by atoms with Gasteiger partial charge in [0.05, 0.1) is 24.9 Å². The molecule has 2 heterocycles. The fourth-order valence-corrected chi connectivity index (χ4v) is 3.37. The van der Waals surface area contributed by atoms with E-state index in [0.29, 0.717) is 36.7 Å². The summed E-state index contributed by atoms with van der Waals surface area (Å²) in [6.45, 7) is 5.20. The van der Waals surface area contributed by atoms with Crippen LogP contribution in [-0.2, 0) is 18.4 Å². The molecule has 1 saturated heterocycles. The molecular formula is C21H28N4O4. The third kappa shape index (κ3) is 5.07. The van der Waals surface area contributed by atoms with Crippen LogP contribution in [0.5, 0.6) is 11.5 Å². The number of methoxy groups -OCH3 is 1. The molecule has 2 aromatic rings. The Morgan fingerprint density at radius 1 is 1.24 bits per heavy atom. The van der Waals surface area contributed by atoms with Crippen LogP contribution >= 0.6 is 0 Å².